The SMILES string of the molecule is Cc1ccc(NC(=O)CN2C(=O)C(=O)N(Cc3ccccc3)C2=O)cc1C. The minimum Gasteiger partial charge on any atom is -0.325 e. The largest absolute Gasteiger partial charge is 0.335 e. The zero-order chi connectivity index (χ0) is 19.6. The van der Waals surface area contributed by atoms with E-state index >= 15 is 0 Å². The van der Waals surface area contributed by atoms with Gasteiger partial charge in [-0.1, -0.05) is 36.4 Å². The van der Waals surface area contributed by atoms with Crippen LogP contribution in [0.4, 0.5) is 10.5 Å². The minimum absolute atomic E-state index is 0.0144. The van der Waals surface area contributed by atoms with Crippen molar-refractivity contribution in [3.8, 4) is 0 Å². The van der Waals surface area contributed by atoms with Crippen LogP contribution < -0.4 is 5.32 Å². The Morgan fingerprint density at radius 2 is 1.56 bits per heavy atom. The summed E-state index contributed by atoms with van der Waals surface area (Å²) in [5.41, 5.74) is 3.37. The number of imide groups is 2. The van der Waals surface area contributed by atoms with Crippen LogP contribution >= 0.6 is 0 Å². The van der Waals surface area contributed by atoms with E-state index in [4.69, 9.17) is 0 Å². The zero-order valence-electron chi connectivity index (χ0n) is 15.1. The van der Waals surface area contributed by atoms with Crippen molar-refractivity contribution in [2.24, 2.45) is 0 Å². The Kier molecular flexibility index (Phi) is 5.03. The summed E-state index contributed by atoms with van der Waals surface area (Å²) in [6.07, 6.45) is 0. The van der Waals surface area contributed by atoms with Crippen LogP contribution in [0.3, 0.4) is 0 Å². The van der Waals surface area contributed by atoms with Crippen molar-refractivity contribution in [2.75, 3.05) is 11.9 Å². The molecule has 0 atom stereocenters. The molecule has 0 aromatic heterocycles. The maximum absolute atomic E-state index is 12.4. The molecule has 2 aromatic carbocycles. The molecule has 5 amide bonds. The van der Waals surface area contributed by atoms with E-state index in [1.54, 1.807) is 36.4 Å². The number of nitrogens with zero attached hydrogens (tertiary/aromatic N) is 2. The standard InChI is InChI=1S/C20H19N3O4/c1-13-8-9-16(10-14(13)2)21-17(24)12-23-19(26)18(25)22(20(23)27)11-15-6-4-3-5-7-15/h3-10H,11-12H2,1-2H3,(H,21,24). The number of hydrogen-bond acceptors (Lipinski definition) is 4. The van der Waals surface area contributed by atoms with Crippen molar-refractivity contribution in [2.45, 2.75) is 20.4 Å². The maximum atomic E-state index is 12.4. The summed E-state index contributed by atoms with van der Waals surface area (Å²) in [5.74, 6) is -2.47. The van der Waals surface area contributed by atoms with Gasteiger partial charge in [-0.3, -0.25) is 19.3 Å². The summed E-state index contributed by atoms with van der Waals surface area (Å²) in [4.78, 5) is 50.5. The fraction of sp³-hybridized carbons (Fsp3) is 0.200. The normalized spacial score (nSPS) is 14.1. The molecule has 3 rings (SSSR count). The third-order valence-electron chi connectivity index (χ3n) is 4.41. The number of benzene rings is 2. The first kappa shape index (κ1) is 18.3. The van der Waals surface area contributed by atoms with E-state index in [0.717, 1.165) is 16.0 Å². The summed E-state index contributed by atoms with van der Waals surface area (Å²) in [5, 5.41) is 2.64. The van der Waals surface area contributed by atoms with Crippen molar-refractivity contribution < 1.29 is 19.2 Å². The predicted octanol–water partition coefficient (Wildman–Crippen LogP) is 2.23. The van der Waals surface area contributed by atoms with E-state index in [1.165, 1.54) is 0 Å². The number of nitrogens with one attached hydrogen (secondary N) is 1. The molecule has 1 N–H and O–H groups in total. The Hall–Kier alpha value is -3.48. The molecule has 7 heteroatoms. The molecule has 2 aromatic rings. The van der Waals surface area contributed by atoms with Gasteiger partial charge in [-0.2, -0.15) is 0 Å². The number of rotatable bonds is 5. The summed E-state index contributed by atoms with van der Waals surface area (Å²) < 4.78 is 0. The average Bonchev–Trinajstić information content (AvgIpc) is 2.84. The lowest BCUT2D eigenvalue weighted by Crippen LogP contribution is -2.38. The molecule has 0 spiro atoms. The van der Waals surface area contributed by atoms with Crippen molar-refractivity contribution in [1.82, 2.24) is 9.80 Å². The summed E-state index contributed by atoms with van der Waals surface area (Å²) in [6.45, 7) is 3.34. The summed E-state index contributed by atoms with van der Waals surface area (Å²) in [7, 11) is 0. The number of amides is 5. The summed E-state index contributed by atoms with van der Waals surface area (Å²) in [6, 6.07) is 13.5. The van der Waals surface area contributed by atoms with Gasteiger partial charge >= 0.3 is 17.8 Å². The van der Waals surface area contributed by atoms with E-state index in [0.29, 0.717) is 16.2 Å². The number of carbonyl (C=O) groups is 4. The second-order valence-electron chi connectivity index (χ2n) is 6.40. The molecule has 0 aliphatic carbocycles. The lowest BCUT2D eigenvalue weighted by molar-refractivity contribution is -0.143. The fourth-order valence-corrected chi connectivity index (χ4v) is 2.76. The molecule has 1 fully saturated rings. The highest BCUT2D eigenvalue weighted by molar-refractivity contribution is 6.45. The highest BCUT2D eigenvalue weighted by atomic mass is 16.2. The maximum Gasteiger partial charge on any atom is 0.335 e. The van der Waals surface area contributed by atoms with Crippen LogP contribution in [0.2, 0.25) is 0 Å². The van der Waals surface area contributed by atoms with Gasteiger partial charge in [-0.15, -0.1) is 0 Å². The Balaban J connectivity index is 1.68. The van der Waals surface area contributed by atoms with E-state index in [9.17, 15) is 19.2 Å². The van der Waals surface area contributed by atoms with Gasteiger partial charge in [0.15, 0.2) is 0 Å². The van der Waals surface area contributed by atoms with Crippen molar-refractivity contribution >= 4 is 29.4 Å². The van der Waals surface area contributed by atoms with Crippen LogP contribution in [-0.2, 0) is 20.9 Å². The van der Waals surface area contributed by atoms with Gasteiger partial charge in [0.2, 0.25) is 5.91 Å². The smallest absolute Gasteiger partial charge is 0.325 e. The molecule has 1 aliphatic rings. The van der Waals surface area contributed by atoms with Crippen LogP contribution in [0.1, 0.15) is 16.7 Å². The monoisotopic (exact) mass is 365 g/mol. The average molecular weight is 365 g/mol. The number of urea groups is 1. The second kappa shape index (κ2) is 7.41. The molecular formula is C20H19N3O4. The molecule has 138 valence electrons. The van der Waals surface area contributed by atoms with Gasteiger partial charge < -0.3 is 5.32 Å². The number of carbonyl (C=O) groups excluding carboxylic acids is 4. The molecule has 0 radical (unpaired) electrons. The van der Waals surface area contributed by atoms with Crippen molar-refractivity contribution in [3.63, 3.8) is 0 Å². The lowest BCUT2D eigenvalue weighted by atomic mass is 10.1. The van der Waals surface area contributed by atoms with E-state index < -0.39 is 30.3 Å². The van der Waals surface area contributed by atoms with Gasteiger partial charge in [-0.05, 0) is 42.7 Å². The molecule has 27 heavy (non-hydrogen) atoms. The molecule has 1 saturated heterocycles. The molecule has 0 unspecified atom stereocenters. The molecular weight excluding hydrogens is 346 g/mol. The van der Waals surface area contributed by atoms with Gasteiger partial charge in [0.1, 0.15) is 6.54 Å². The Labute approximate surface area is 156 Å². The highest BCUT2D eigenvalue weighted by Crippen LogP contribution is 2.17. The number of anilines is 1. The second-order valence-corrected chi connectivity index (χ2v) is 6.40. The fourth-order valence-electron chi connectivity index (χ4n) is 2.76. The minimum atomic E-state index is -0.994. The van der Waals surface area contributed by atoms with E-state index in [-0.39, 0.29) is 6.54 Å². The quantitative estimate of drug-likeness (QED) is 0.650. The first-order valence-corrected chi connectivity index (χ1v) is 8.45. The predicted molar refractivity (Wildman–Crippen MR) is 98.6 cm³/mol. The van der Waals surface area contributed by atoms with Crippen LogP contribution in [0.25, 0.3) is 0 Å². The van der Waals surface area contributed by atoms with Gasteiger partial charge in [0.05, 0.1) is 6.54 Å². The first-order chi connectivity index (χ1) is 12.9. The van der Waals surface area contributed by atoms with E-state index in [2.05, 4.69) is 5.32 Å². The molecule has 1 heterocycles. The Morgan fingerprint density at radius 1 is 0.889 bits per heavy atom. The van der Waals surface area contributed by atoms with Crippen LogP contribution in [-0.4, -0.2) is 40.1 Å². The molecule has 1 aliphatic heterocycles. The van der Waals surface area contributed by atoms with Crippen LogP contribution in [0.15, 0.2) is 48.5 Å². The summed E-state index contributed by atoms with van der Waals surface area (Å²) >= 11 is 0. The number of hydrogen-bond donors (Lipinski definition) is 1. The van der Waals surface area contributed by atoms with Crippen LogP contribution in [0, 0.1) is 13.8 Å². The third-order valence-corrected chi connectivity index (χ3v) is 4.41. The topological polar surface area (TPSA) is 86.8 Å². The van der Waals surface area contributed by atoms with E-state index in [1.807, 2.05) is 26.0 Å². The zero-order valence-corrected chi connectivity index (χ0v) is 15.1. The van der Waals surface area contributed by atoms with Gasteiger partial charge in [0.25, 0.3) is 0 Å². The van der Waals surface area contributed by atoms with Crippen molar-refractivity contribution in [1.29, 1.82) is 0 Å². The van der Waals surface area contributed by atoms with Crippen molar-refractivity contribution in [3.05, 3.63) is 65.2 Å². The molecule has 7 nitrogen and oxygen atoms in total. The molecule has 0 bridgehead atoms. The number of aryl methyl sites for hydroxylation is 2. The lowest BCUT2D eigenvalue weighted by Gasteiger charge is -2.15. The molecule has 0 saturated carbocycles. The Morgan fingerprint density at radius 3 is 2.22 bits per heavy atom. The third kappa shape index (κ3) is 3.87. The first-order valence-electron chi connectivity index (χ1n) is 8.45. The van der Waals surface area contributed by atoms with Crippen LogP contribution in [0.5, 0.6) is 0 Å². The van der Waals surface area contributed by atoms with Gasteiger partial charge in [-0.25, -0.2) is 9.69 Å². The van der Waals surface area contributed by atoms with Gasteiger partial charge in [0, 0.05) is 5.69 Å². The Bertz CT molecular complexity index is 924. The highest BCUT2D eigenvalue weighted by Gasteiger charge is 2.45.